The van der Waals surface area contributed by atoms with Gasteiger partial charge in [0.2, 0.25) is 11.8 Å². The maximum absolute atomic E-state index is 12.0. The lowest BCUT2D eigenvalue weighted by atomic mass is 10.2. The Hall–Kier alpha value is -1.99. The lowest BCUT2D eigenvalue weighted by Crippen LogP contribution is -2.42. The van der Waals surface area contributed by atoms with Gasteiger partial charge in [0.15, 0.2) is 0 Å². The standard InChI is InChI=1S/C16H24N4O3/c1-20(12-13-4-2-6-17-8-13)16(22)11-19-15(21)10-18-9-14-5-3-7-23-14/h2,4,6,8,14,18H,3,5,7,9-12H2,1H3,(H,19,21)/t14-/m0/s1. The van der Waals surface area contributed by atoms with Crippen molar-refractivity contribution in [1.82, 2.24) is 20.5 Å². The Morgan fingerprint density at radius 3 is 3.00 bits per heavy atom. The largest absolute Gasteiger partial charge is 0.377 e. The molecule has 1 fully saturated rings. The van der Waals surface area contributed by atoms with Crippen LogP contribution in [0.15, 0.2) is 24.5 Å². The van der Waals surface area contributed by atoms with Gasteiger partial charge in [-0.3, -0.25) is 14.6 Å². The molecule has 0 radical (unpaired) electrons. The highest BCUT2D eigenvalue weighted by molar-refractivity contribution is 5.85. The topological polar surface area (TPSA) is 83.6 Å². The monoisotopic (exact) mass is 320 g/mol. The van der Waals surface area contributed by atoms with Crippen molar-refractivity contribution in [3.8, 4) is 0 Å². The summed E-state index contributed by atoms with van der Waals surface area (Å²) in [5.74, 6) is -0.326. The number of hydrogen-bond donors (Lipinski definition) is 2. The maximum Gasteiger partial charge on any atom is 0.242 e. The third-order valence-corrected chi connectivity index (χ3v) is 3.69. The molecule has 23 heavy (non-hydrogen) atoms. The first kappa shape index (κ1) is 17.4. The Morgan fingerprint density at radius 2 is 2.30 bits per heavy atom. The van der Waals surface area contributed by atoms with E-state index in [1.807, 2.05) is 12.1 Å². The van der Waals surface area contributed by atoms with Gasteiger partial charge in [0.05, 0.1) is 19.2 Å². The molecule has 7 heteroatoms. The molecule has 0 unspecified atom stereocenters. The zero-order chi connectivity index (χ0) is 16.5. The second-order valence-electron chi connectivity index (χ2n) is 5.65. The Bertz CT molecular complexity index is 503. The Kier molecular flexibility index (Phi) is 6.96. The van der Waals surface area contributed by atoms with E-state index in [4.69, 9.17) is 4.74 Å². The van der Waals surface area contributed by atoms with E-state index in [0.717, 1.165) is 25.0 Å². The van der Waals surface area contributed by atoms with E-state index in [1.165, 1.54) is 0 Å². The fourth-order valence-electron chi connectivity index (χ4n) is 2.38. The van der Waals surface area contributed by atoms with Crippen LogP contribution < -0.4 is 10.6 Å². The summed E-state index contributed by atoms with van der Waals surface area (Å²) in [6.45, 7) is 2.13. The second-order valence-corrected chi connectivity index (χ2v) is 5.65. The minimum atomic E-state index is -0.189. The van der Waals surface area contributed by atoms with Gasteiger partial charge in [-0.15, -0.1) is 0 Å². The van der Waals surface area contributed by atoms with Gasteiger partial charge in [-0.1, -0.05) is 6.07 Å². The van der Waals surface area contributed by atoms with Crippen LogP contribution in [0, 0.1) is 0 Å². The SMILES string of the molecule is CN(Cc1cccnc1)C(=O)CNC(=O)CNC[C@@H]1CCCO1. The summed E-state index contributed by atoms with van der Waals surface area (Å²) in [5, 5.41) is 5.68. The summed E-state index contributed by atoms with van der Waals surface area (Å²) in [5.41, 5.74) is 0.952. The fourth-order valence-corrected chi connectivity index (χ4v) is 2.38. The molecule has 0 bridgehead atoms. The first-order valence-electron chi connectivity index (χ1n) is 7.87. The molecule has 2 heterocycles. The number of nitrogens with zero attached hydrogens (tertiary/aromatic N) is 2. The summed E-state index contributed by atoms with van der Waals surface area (Å²) >= 11 is 0. The average molecular weight is 320 g/mol. The van der Waals surface area contributed by atoms with Crippen LogP contribution in [0.2, 0.25) is 0 Å². The van der Waals surface area contributed by atoms with Crippen molar-refractivity contribution in [3.05, 3.63) is 30.1 Å². The lowest BCUT2D eigenvalue weighted by molar-refractivity contribution is -0.132. The number of carbonyl (C=O) groups is 2. The van der Waals surface area contributed by atoms with Crippen LogP contribution in [0.1, 0.15) is 18.4 Å². The third-order valence-electron chi connectivity index (χ3n) is 3.69. The molecule has 1 atom stereocenters. The normalized spacial score (nSPS) is 17.0. The summed E-state index contributed by atoms with van der Waals surface area (Å²) in [6.07, 6.45) is 5.73. The molecule has 0 aliphatic carbocycles. The summed E-state index contributed by atoms with van der Waals surface area (Å²) < 4.78 is 5.46. The molecule has 126 valence electrons. The highest BCUT2D eigenvalue weighted by atomic mass is 16.5. The van der Waals surface area contributed by atoms with Crippen molar-refractivity contribution >= 4 is 11.8 Å². The Balaban J connectivity index is 1.60. The van der Waals surface area contributed by atoms with Crippen LogP contribution in [0.5, 0.6) is 0 Å². The van der Waals surface area contributed by atoms with E-state index in [9.17, 15) is 9.59 Å². The van der Waals surface area contributed by atoms with E-state index in [0.29, 0.717) is 13.1 Å². The number of hydrogen-bond acceptors (Lipinski definition) is 5. The van der Waals surface area contributed by atoms with Crippen LogP contribution >= 0.6 is 0 Å². The van der Waals surface area contributed by atoms with E-state index in [2.05, 4.69) is 15.6 Å². The molecule has 1 saturated heterocycles. The predicted octanol–water partition coefficient (Wildman–Crippen LogP) is -0.0752. The number of nitrogens with one attached hydrogen (secondary N) is 2. The minimum Gasteiger partial charge on any atom is -0.377 e. The number of ether oxygens (including phenoxy) is 1. The highest BCUT2D eigenvalue weighted by Gasteiger charge is 2.15. The van der Waals surface area contributed by atoms with Gasteiger partial charge in [0.1, 0.15) is 0 Å². The molecule has 1 aromatic heterocycles. The van der Waals surface area contributed by atoms with Crippen LogP contribution in [0.4, 0.5) is 0 Å². The Morgan fingerprint density at radius 1 is 1.43 bits per heavy atom. The molecule has 2 rings (SSSR count). The molecule has 0 spiro atoms. The van der Waals surface area contributed by atoms with Crippen molar-refractivity contribution in [2.45, 2.75) is 25.5 Å². The van der Waals surface area contributed by atoms with Gasteiger partial charge in [0.25, 0.3) is 0 Å². The molecule has 2 amide bonds. The van der Waals surface area contributed by atoms with Crippen LogP contribution in [0.25, 0.3) is 0 Å². The third kappa shape index (κ3) is 6.33. The summed E-state index contributed by atoms with van der Waals surface area (Å²) in [6, 6.07) is 3.74. The van der Waals surface area contributed by atoms with Gasteiger partial charge < -0.3 is 20.3 Å². The van der Waals surface area contributed by atoms with E-state index in [1.54, 1.807) is 24.3 Å². The molecule has 0 saturated carbocycles. The van der Waals surface area contributed by atoms with Gasteiger partial charge in [-0.2, -0.15) is 0 Å². The average Bonchev–Trinajstić information content (AvgIpc) is 3.07. The van der Waals surface area contributed by atoms with Crippen molar-refractivity contribution in [2.24, 2.45) is 0 Å². The number of aromatic nitrogens is 1. The van der Waals surface area contributed by atoms with Gasteiger partial charge in [-0.05, 0) is 24.5 Å². The fraction of sp³-hybridized carbons (Fsp3) is 0.562. The second kappa shape index (κ2) is 9.22. The zero-order valence-corrected chi connectivity index (χ0v) is 13.5. The molecule has 1 aromatic rings. The van der Waals surface area contributed by atoms with Crippen molar-refractivity contribution < 1.29 is 14.3 Å². The van der Waals surface area contributed by atoms with Gasteiger partial charge in [-0.25, -0.2) is 0 Å². The lowest BCUT2D eigenvalue weighted by Gasteiger charge is -2.17. The summed E-state index contributed by atoms with van der Waals surface area (Å²) in [7, 11) is 1.71. The maximum atomic E-state index is 12.0. The van der Waals surface area contributed by atoms with E-state index >= 15 is 0 Å². The predicted molar refractivity (Wildman–Crippen MR) is 85.6 cm³/mol. The van der Waals surface area contributed by atoms with Gasteiger partial charge >= 0.3 is 0 Å². The number of likely N-dealkylation sites (N-methyl/N-ethyl adjacent to an activating group) is 1. The zero-order valence-electron chi connectivity index (χ0n) is 13.5. The minimum absolute atomic E-state index is 0.00277. The van der Waals surface area contributed by atoms with Gasteiger partial charge in [0, 0.05) is 39.1 Å². The van der Waals surface area contributed by atoms with Crippen LogP contribution in [-0.2, 0) is 20.9 Å². The molecule has 1 aliphatic heterocycles. The van der Waals surface area contributed by atoms with Crippen LogP contribution in [-0.4, -0.2) is 61.1 Å². The van der Waals surface area contributed by atoms with Crippen LogP contribution in [0.3, 0.4) is 0 Å². The van der Waals surface area contributed by atoms with Crippen molar-refractivity contribution in [2.75, 3.05) is 33.3 Å². The first-order chi connectivity index (χ1) is 11.1. The van der Waals surface area contributed by atoms with Crippen molar-refractivity contribution in [1.29, 1.82) is 0 Å². The number of rotatable bonds is 8. The van der Waals surface area contributed by atoms with E-state index in [-0.39, 0.29) is 31.0 Å². The Labute approximate surface area is 136 Å². The summed E-state index contributed by atoms with van der Waals surface area (Å²) in [4.78, 5) is 29.3. The first-order valence-corrected chi connectivity index (χ1v) is 7.87. The van der Waals surface area contributed by atoms with Crippen molar-refractivity contribution in [3.63, 3.8) is 0 Å². The molecular weight excluding hydrogens is 296 g/mol. The quantitative estimate of drug-likeness (QED) is 0.700. The smallest absolute Gasteiger partial charge is 0.242 e. The molecule has 2 N–H and O–H groups in total. The highest BCUT2D eigenvalue weighted by Crippen LogP contribution is 2.10. The number of carbonyl (C=O) groups excluding carboxylic acids is 2. The van der Waals surface area contributed by atoms with E-state index < -0.39 is 0 Å². The molecule has 7 nitrogen and oxygen atoms in total. The molecule has 0 aromatic carbocycles. The number of amides is 2. The molecular formula is C16H24N4O3. The number of pyridine rings is 1. The molecule has 1 aliphatic rings.